The van der Waals surface area contributed by atoms with Crippen molar-refractivity contribution in [2.24, 2.45) is 0 Å². The molecule has 3 aliphatic rings. The van der Waals surface area contributed by atoms with Crippen molar-refractivity contribution in [1.29, 1.82) is 0 Å². The molecule has 2 aliphatic carbocycles. The molecule has 6 nitrogen and oxygen atoms in total. The standard InChI is InChI=1S/C17H25N3O3/c21-16-10-23-9-15(16)18-12-3-5-13(6-4-12)20-17(22)8-7-14(19-20)11-1-2-11/h7-8,11-13,15-16,18,21H,1-6,9-10H2. The van der Waals surface area contributed by atoms with E-state index >= 15 is 0 Å². The Morgan fingerprint density at radius 2 is 1.91 bits per heavy atom. The molecule has 0 spiro atoms. The molecule has 1 aliphatic heterocycles. The third kappa shape index (κ3) is 3.34. The van der Waals surface area contributed by atoms with Crippen molar-refractivity contribution in [3.63, 3.8) is 0 Å². The van der Waals surface area contributed by atoms with E-state index in [0.29, 0.717) is 25.2 Å². The minimum atomic E-state index is -0.396. The maximum Gasteiger partial charge on any atom is 0.267 e. The first-order valence-corrected chi connectivity index (χ1v) is 8.82. The van der Waals surface area contributed by atoms with Gasteiger partial charge in [0, 0.05) is 18.0 Å². The molecule has 1 aromatic rings. The fourth-order valence-electron chi connectivity index (χ4n) is 3.79. The van der Waals surface area contributed by atoms with Crippen LogP contribution in [0.15, 0.2) is 16.9 Å². The van der Waals surface area contributed by atoms with Crippen molar-refractivity contribution in [3.05, 3.63) is 28.2 Å². The molecule has 2 N–H and O–H groups in total. The fraction of sp³-hybridized carbons (Fsp3) is 0.765. The van der Waals surface area contributed by atoms with Gasteiger partial charge in [-0.3, -0.25) is 4.79 Å². The second-order valence-electron chi connectivity index (χ2n) is 7.20. The van der Waals surface area contributed by atoms with Crippen molar-refractivity contribution < 1.29 is 9.84 Å². The maximum absolute atomic E-state index is 12.2. The second kappa shape index (κ2) is 6.34. The molecular weight excluding hydrogens is 294 g/mol. The molecule has 2 unspecified atom stereocenters. The van der Waals surface area contributed by atoms with Crippen LogP contribution in [0.4, 0.5) is 0 Å². The minimum absolute atomic E-state index is 0.0189. The predicted molar refractivity (Wildman–Crippen MR) is 85.5 cm³/mol. The summed E-state index contributed by atoms with van der Waals surface area (Å²) in [7, 11) is 0. The zero-order valence-electron chi connectivity index (χ0n) is 13.4. The van der Waals surface area contributed by atoms with Crippen molar-refractivity contribution in [2.75, 3.05) is 13.2 Å². The summed E-state index contributed by atoms with van der Waals surface area (Å²) in [5, 5.41) is 18.0. The molecule has 23 heavy (non-hydrogen) atoms. The third-order valence-corrected chi connectivity index (χ3v) is 5.38. The van der Waals surface area contributed by atoms with Gasteiger partial charge < -0.3 is 15.2 Å². The fourth-order valence-corrected chi connectivity index (χ4v) is 3.79. The number of hydrogen-bond acceptors (Lipinski definition) is 5. The average Bonchev–Trinajstić information content (AvgIpc) is 3.33. The summed E-state index contributed by atoms with van der Waals surface area (Å²) in [4.78, 5) is 12.2. The highest BCUT2D eigenvalue weighted by Gasteiger charge is 2.31. The number of aromatic nitrogens is 2. The van der Waals surface area contributed by atoms with Gasteiger partial charge in [-0.1, -0.05) is 0 Å². The molecule has 0 bridgehead atoms. The van der Waals surface area contributed by atoms with Gasteiger partial charge in [0.2, 0.25) is 0 Å². The molecular formula is C17H25N3O3. The third-order valence-electron chi connectivity index (χ3n) is 5.38. The van der Waals surface area contributed by atoms with Gasteiger partial charge in [-0.05, 0) is 44.6 Å². The largest absolute Gasteiger partial charge is 0.389 e. The molecule has 0 amide bonds. The van der Waals surface area contributed by atoms with Crippen LogP contribution in [0.1, 0.15) is 56.2 Å². The van der Waals surface area contributed by atoms with Crippen molar-refractivity contribution in [1.82, 2.24) is 15.1 Å². The van der Waals surface area contributed by atoms with E-state index in [1.165, 1.54) is 12.8 Å². The Hall–Kier alpha value is -1.24. The second-order valence-corrected chi connectivity index (χ2v) is 7.20. The van der Waals surface area contributed by atoms with Gasteiger partial charge in [0.05, 0.1) is 37.1 Å². The molecule has 0 aromatic carbocycles. The summed E-state index contributed by atoms with van der Waals surface area (Å²) in [6, 6.07) is 4.23. The van der Waals surface area contributed by atoms with Crippen LogP contribution in [0.3, 0.4) is 0 Å². The van der Waals surface area contributed by atoms with Crippen LogP contribution in [-0.4, -0.2) is 46.3 Å². The lowest BCUT2D eigenvalue weighted by molar-refractivity contribution is 0.119. The molecule has 126 valence electrons. The summed E-state index contributed by atoms with van der Waals surface area (Å²) in [5.41, 5.74) is 1.10. The Morgan fingerprint density at radius 3 is 2.57 bits per heavy atom. The number of hydrogen-bond donors (Lipinski definition) is 2. The van der Waals surface area contributed by atoms with Crippen molar-refractivity contribution >= 4 is 0 Å². The topological polar surface area (TPSA) is 76.4 Å². The first-order valence-electron chi connectivity index (χ1n) is 8.82. The lowest BCUT2D eigenvalue weighted by Gasteiger charge is -2.32. The van der Waals surface area contributed by atoms with Gasteiger partial charge in [-0.25, -0.2) is 4.68 Å². The van der Waals surface area contributed by atoms with Crippen LogP contribution >= 0.6 is 0 Å². The molecule has 1 saturated heterocycles. The molecule has 2 saturated carbocycles. The normalized spacial score (nSPS) is 34.7. The van der Waals surface area contributed by atoms with Crippen LogP contribution in [0.25, 0.3) is 0 Å². The number of nitrogens with zero attached hydrogens (tertiary/aromatic N) is 2. The zero-order chi connectivity index (χ0) is 15.8. The first-order chi connectivity index (χ1) is 11.2. The summed E-state index contributed by atoms with van der Waals surface area (Å²) in [5.74, 6) is 0.573. The van der Waals surface area contributed by atoms with E-state index in [4.69, 9.17) is 4.74 Å². The predicted octanol–water partition coefficient (Wildman–Crippen LogP) is 0.954. The number of rotatable bonds is 4. The van der Waals surface area contributed by atoms with Gasteiger partial charge >= 0.3 is 0 Å². The van der Waals surface area contributed by atoms with E-state index in [-0.39, 0.29) is 17.6 Å². The van der Waals surface area contributed by atoms with E-state index in [2.05, 4.69) is 10.4 Å². The van der Waals surface area contributed by atoms with Crippen LogP contribution < -0.4 is 10.9 Å². The molecule has 0 radical (unpaired) electrons. The minimum Gasteiger partial charge on any atom is -0.389 e. The van der Waals surface area contributed by atoms with E-state index in [1.807, 2.05) is 6.07 Å². The van der Waals surface area contributed by atoms with Crippen molar-refractivity contribution in [2.45, 2.75) is 68.7 Å². The summed E-state index contributed by atoms with van der Waals surface area (Å²) in [6.45, 7) is 1.02. The molecule has 1 aromatic heterocycles. The molecule has 2 atom stereocenters. The quantitative estimate of drug-likeness (QED) is 0.864. The molecule has 6 heteroatoms. The first kappa shape index (κ1) is 15.3. The molecule has 4 rings (SSSR count). The van der Waals surface area contributed by atoms with Crippen molar-refractivity contribution in [3.8, 4) is 0 Å². The molecule has 3 fully saturated rings. The Kier molecular flexibility index (Phi) is 4.22. The monoisotopic (exact) mass is 319 g/mol. The highest BCUT2D eigenvalue weighted by molar-refractivity contribution is 5.13. The van der Waals surface area contributed by atoms with E-state index in [1.54, 1.807) is 10.7 Å². The molecule has 2 heterocycles. The Labute approximate surface area is 135 Å². The Bertz CT molecular complexity index is 605. The van der Waals surface area contributed by atoms with Crippen LogP contribution in [0.5, 0.6) is 0 Å². The number of nitrogens with one attached hydrogen (secondary N) is 1. The van der Waals surface area contributed by atoms with E-state index < -0.39 is 6.10 Å². The Morgan fingerprint density at radius 1 is 1.13 bits per heavy atom. The highest BCUT2D eigenvalue weighted by atomic mass is 16.5. The number of aliphatic hydroxyl groups is 1. The van der Waals surface area contributed by atoms with Crippen LogP contribution in [0.2, 0.25) is 0 Å². The van der Waals surface area contributed by atoms with Crippen LogP contribution in [0, 0.1) is 0 Å². The summed E-state index contributed by atoms with van der Waals surface area (Å²) < 4.78 is 7.01. The van der Waals surface area contributed by atoms with E-state index in [0.717, 1.165) is 31.4 Å². The smallest absolute Gasteiger partial charge is 0.267 e. The SMILES string of the molecule is O=c1ccc(C2CC2)nn1C1CCC(NC2COCC2O)CC1. The van der Waals surface area contributed by atoms with Crippen LogP contribution in [-0.2, 0) is 4.74 Å². The highest BCUT2D eigenvalue weighted by Crippen LogP contribution is 2.38. The van der Waals surface area contributed by atoms with Gasteiger partial charge in [-0.2, -0.15) is 5.10 Å². The summed E-state index contributed by atoms with van der Waals surface area (Å²) >= 11 is 0. The van der Waals surface area contributed by atoms with Gasteiger partial charge in [0.1, 0.15) is 0 Å². The summed E-state index contributed by atoms with van der Waals surface area (Å²) in [6.07, 6.45) is 5.95. The lowest BCUT2D eigenvalue weighted by Crippen LogP contribution is -2.46. The van der Waals surface area contributed by atoms with E-state index in [9.17, 15) is 9.90 Å². The van der Waals surface area contributed by atoms with Gasteiger partial charge in [0.15, 0.2) is 0 Å². The average molecular weight is 319 g/mol. The Balaban J connectivity index is 1.37. The maximum atomic E-state index is 12.2. The number of aliphatic hydroxyl groups excluding tert-OH is 1. The lowest BCUT2D eigenvalue weighted by atomic mass is 9.90. The number of ether oxygens (including phenoxy) is 1. The van der Waals surface area contributed by atoms with Gasteiger partial charge in [-0.15, -0.1) is 0 Å². The zero-order valence-corrected chi connectivity index (χ0v) is 13.4. The van der Waals surface area contributed by atoms with Gasteiger partial charge in [0.25, 0.3) is 5.56 Å².